The van der Waals surface area contributed by atoms with Crippen LogP contribution in [0.3, 0.4) is 0 Å². The second-order valence-corrected chi connectivity index (χ2v) is 7.31. The predicted octanol–water partition coefficient (Wildman–Crippen LogP) is 1.79. The van der Waals surface area contributed by atoms with Gasteiger partial charge in [-0.15, -0.1) is 0 Å². The molecule has 0 saturated carbocycles. The Labute approximate surface area is 120 Å². The second kappa shape index (κ2) is 6.74. The normalized spacial score (nSPS) is 13.5. The maximum atomic E-state index is 12.4. The van der Waals surface area contributed by atoms with Crippen molar-refractivity contribution in [1.82, 2.24) is 4.72 Å². The van der Waals surface area contributed by atoms with Gasteiger partial charge in [-0.2, -0.15) is 11.8 Å². The largest absolute Gasteiger partial charge is 0.326 e. The molecule has 1 unspecified atom stereocenters. The average molecular weight is 302 g/mol. The Morgan fingerprint density at radius 1 is 1.37 bits per heavy atom. The number of hydrogen-bond acceptors (Lipinski definition) is 4. The van der Waals surface area contributed by atoms with Gasteiger partial charge in [0.05, 0.1) is 4.90 Å². The highest BCUT2D eigenvalue weighted by Gasteiger charge is 2.20. The standard InChI is InChI=1S/C13H22N2O2S2/c1-9-5-12(7-14)6-13(11(9)3)19(16,17)15-10(2)8-18-4/h5-6,10,15H,7-8,14H2,1-4H3. The highest BCUT2D eigenvalue weighted by Crippen LogP contribution is 2.21. The summed E-state index contributed by atoms with van der Waals surface area (Å²) in [6.45, 7) is 5.93. The number of aryl methyl sites for hydroxylation is 1. The van der Waals surface area contributed by atoms with Crippen LogP contribution in [-0.2, 0) is 16.6 Å². The van der Waals surface area contributed by atoms with Gasteiger partial charge in [0.15, 0.2) is 0 Å². The van der Waals surface area contributed by atoms with Gasteiger partial charge in [-0.3, -0.25) is 0 Å². The van der Waals surface area contributed by atoms with Crippen LogP contribution < -0.4 is 10.5 Å². The minimum atomic E-state index is -3.49. The van der Waals surface area contributed by atoms with Gasteiger partial charge < -0.3 is 5.73 Å². The topological polar surface area (TPSA) is 72.2 Å². The van der Waals surface area contributed by atoms with Crippen molar-refractivity contribution in [3.63, 3.8) is 0 Å². The first-order valence-corrected chi connectivity index (χ1v) is 9.01. The second-order valence-electron chi connectivity index (χ2n) is 4.72. The summed E-state index contributed by atoms with van der Waals surface area (Å²) in [7, 11) is -3.49. The van der Waals surface area contributed by atoms with Gasteiger partial charge in [0, 0.05) is 18.3 Å². The number of nitrogens with two attached hydrogens (primary N) is 1. The molecule has 0 heterocycles. The lowest BCUT2D eigenvalue weighted by molar-refractivity contribution is 0.570. The molecule has 19 heavy (non-hydrogen) atoms. The molecule has 0 aliphatic rings. The van der Waals surface area contributed by atoms with E-state index in [0.29, 0.717) is 11.4 Å². The molecule has 108 valence electrons. The third-order valence-electron chi connectivity index (χ3n) is 2.98. The Bertz CT molecular complexity index is 542. The zero-order valence-corrected chi connectivity index (χ0v) is 13.5. The van der Waals surface area contributed by atoms with Gasteiger partial charge in [0.2, 0.25) is 10.0 Å². The van der Waals surface area contributed by atoms with Gasteiger partial charge in [0.1, 0.15) is 0 Å². The Kier molecular flexibility index (Phi) is 5.85. The van der Waals surface area contributed by atoms with Crippen LogP contribution in [0.1, 0.15) is 23.6 Å². The van der Waals surface area contributed by atoms with Crippen LogP contribution in [-0.4, -0.2) is 26.5 Å². The first kappa shape index (κ1) is 16.5. The van der Waals surface area contributed by atoms with Crippen LogP contribution in [0, 0.1) is 13.8 Å². The van der Waals surface area contributed by atoms with Crippen molar-refractivity contribution < 1.29 is 8.42 Å². The minimum Gasteiger partial charge on any atom is -0.326 e. The lowest BCUT2D eigenvalue weighted by Gasteiger charge is -2.16. The van der Waals surface area contributed by atoms with Gasteiger partial charge >= 0.3 is 0 Å². The molecule has 0 aliphatic heterocycles. The van der Waals surface area contributed by atoms with Gasteiger partial charge in [-0.05, 0) is 49.8 Å². The third kappa shape index (κ3) is 4.21. The molecule has 0 aliphatic carbocycles. The number of nitrogens with one attached hydrogen (secondary N) is 1. The van der Waals surface area contributed by atoms with Gasteiger partial charge in [-0.1, -0.05) is 6.07 Å². The Morgan fingerprint density at radius 2 is 2.00 bits per heavy atom. The smallest absolute Gasteiger partial charge is 0.241 e. The summed E-state index contributed by atoms with van der Waals surface area (Å²) < 4.78 is 27.5. The van der Waals surface area contributed by atoms with Crippen molar-refractivity contribution in [2.24, 2.45) is 5.73 Å². The van der Waals surface area contributed by atoms with E-state index < -0.39 is 10.0 Å². The number of benzene rings is 1. The van der Waals surface area contributed by atoms with Gasteiger partial charge in [0.25, 0.3) is 0 Å². The van der Waals surface area contributed by atoms with E-state index in [9.17, 15) is 8.42 Å². The van der Waals surface area contributed by atoms with E-state index in [-0.39, 0.29) is 6.04 Å². The van der Waals surface area contributed by atoms with Gasteiger partial charge in [-0.25, -0.2) is 13.1 Å². The summed E-state index contributed by atoms with van der Waals surface area (Å²) in [5.74, 6) is 0.744. The Hall–Kier alpha value is -0.560. The van der Waals surface area contributed by atoms with E-state index in [4.69, 9.17) is 5.73 Å². The average Bonchev–Trinajstić information content (AvgIpc) is 2.31. The molecule has 6 heteroatoms. The summed E-state index contributed by atoms with van der Waals surface area (Å²) in [6.07, 6.45) is 1.95. The first-order chi connectivity index (χ1) is 8.81. The predicted molar refractivity (Wildman–Crippen MR) is 82.0 cm³/mol. The summed E-state index contributed by atoms with van der Waals surface area (Å²) in [5, 5.41) is 0. The van der Waals surface area contributed by atoms with Crippen molar-refractivity contribution in [2.75, 3.05) is 12.0 Å². The first-order valence-electron chi connectivity index (χ1n) is 6.13. The monoisotopic (exact) mass is 302 g/mol. The minimum absolute atomic E-state index is 0.0961. The number of hydrogen-bond donors (Lipinski definition) is 2. The van der Waals surface area contributed by atoms with Crippen molar-refractivity contribution >= 4 is 21.8 Å². The number of thioether (sulfide) groups is 1. The Morgan fingerprint density at radius 3 is 2.53 bits per heavy atom. The van der Waals surface area contributed by atoms with E-state index >= 15 is 0 Å². The summed E-state index contributed by atoms with van der Waals surface area (Å²) in [6, 6.07) is 3.50. The maximum absolute atomic E-state index is 12.4. The Balaban J connectivity index is 3.17. The molecule has 0 spiro atoms. The van der Waals surface area contributed by atoms with E-state index in [0.717, 1.165) is 22.4 Å². The molecule has 1 rings (SSSR count). The van der Waals surface area contributed by atoms with Crippen LogP contribution in [0.2, 0.25) is 0 Å². The van der Waals surface area contributed by atoms with Crippen LogP contribution in [0.5, 0.6) is 0 Å². The lowest BCUT2D eigenvalue weighted by Crippen LogP contribution is -2.34. The molecule has 0 fully saturated rings. The van der Waals surface area contributed by atoms with Crippen molar-refractivity contribution in [1.29, 1.82) is 0 Å². The molecule has 4 nitrogen and oxygen atoms in total. The fourth-order valence-corrected chi connectivity index (χ4v) is 4.21. The zero-order chi connectivity index (χ0) is 14.6. The van der Waals surface area contributed by atoms with E-state index in [2.05, 4.69) is 4.72 Å². The van der Waals surface area contributed by atoms with Crippen molar-refractivity contribution in [2.45, 2.75) is 38.3 Å². The van der Waals surface area contributed by atoms with Crippen LogP contribution in [0.25, 0.3) is 0 Å². The summed E-state index contributed by atoms with van der Waals surface area (Å²) in [4.78, 5) is 0.334. The molecule has 1 aromatic carbocycles. The molecular weight excluding hydrogens is 280 g/mol. The zero-order valence-electron chi connectivity index (χ0n) is 11.9. The molecule has 0 radical (unpaired) electrons. The molecule has 1 atom stereocenters. The van der Waals surface area contributed by atoms with Crippen LogP contribution in [0.15, 0.2) is 17.0 Å². The molecule has 1 aromatic rings. The molecular formula is C13H22N2O2S2. The third-order valence-corrected chi connectivity index (χ3v) is 5.53. The quantitative estimate of drug-likeness (QED) is 0.840. The van der Waals surface area contributed by atoms with Crippen molar-refractivity contribution in [3.05, 3.63) is 28.8 Å². The lowest BCUT2D eigenvalue weighted by atomic mass is 10.1. The van der Waals surface area contributed by atoms with Crippen LogP contribution >= 0.6 is 11.8 Å². The highest BCUT2D eigenvalue weighted by atomic mass is 32.2. The SMILES string of the molecule is CSCC(C)NS(=O)(=O)c1cc(CN)cc(C)c1C. The molecule has 3 N–H and O–H groups in total. The number of rotatable bonds is 6. The van der Waals surface area contributed by atoms with Crippen LogP contribution in [0.4, 0.5) is 0 Å². The molecule has 0 saturated heterocycles. The maximum Gasteiger partial charge on any atom is 0.241 e. The molecule has 0 amide bonds. The van der Waals surface area contributed by atoms with E-state index in [1.165, 1.54) is 0 Å². The van der Waals surface area contributed by atoms with Crippen molar-refractivity contribution in [3.8, 4) is 0 Å². The number of sulfonamides is 1. The molecule has 0 aromatic heterocycles. The highest BCUT2D eigenvalue weighted by molar-refractivity contribution is 7.98. The summed E-state index contributed by atoms with van der Waals surface area (Å²) >= 11 is 1.61. The molecule has 0 bridgehead atoms. The summed E-state index contributed by atoms with van der Waals surface area (Å²) in [5.41, 5.74) is 8.17. The fraction of sp³-hybridized carbons (Fsp3) is 0.538. The van der Waals surface area contributed by atoms with E-state index in [1.807, 2.05) is 33.1 Å². The fourth-order valence-electron chi connectivity index (χ4n) is 1.91. The van der Waals surface area contributed by atoms with E-state index in [1.54, 1.807) is 17.8 Å².